The molecule has 0 radical (unpaired) electrons. The van der Waals surface area contributed by atoms with Gasteiger partial charge in [0, 0.05) is 0 Å². The molecule has 8 nitrogen and oxygen atoms in total. The van der Waals surface area contributed by atoms with Crippen molar-refractivity contribution in [2.45, 2.75) is 0 Å². The summed E-state index contributed by atoms with van der Waals surface area (Å²) in [5.41, 5.74) is 8.63. The Balaban J connectivity index is 2.45. The Morgan fingerprint density at radius 3 is 2.75 bits per heavy atom. The van der Waals surface area contributed by atoms with Crippen molar-refractivity contribution in [1.82, 2.24) is 26.3 Å². The summed E-state index contributed by atoms with van der Waals surface area (Å²) in [6, 6.07) is -0.855. The van der Waals surface area contributed by atoms with E-state index in [1.165, 1.54) is 6.20 Å². The van der Waals surface area contributed by atoms with Crippen molar-refractivity contribution < 1.29 is 9.59 Å². The number of nitrogens with two attached hydrogens (primary N) is 1. The molecule has 1 aromatic heterocycles. The molecular formula is C4H6N6O2. The third kappa shape index (κ3) is 1.94. The smallest absolute Gasteiger partial charge is 0.330 e. The Bertz CT molecular complexity index is 280. The van der Waals surface area contributed by atoms with Crippen LogP contribution in [0.25, 0.3) is 0 Å². The maximum Gasteiger partial charge on any atom is 0.330 e. The van der Waals surface area contributed by atoms with Crippen LogP contribution in [0, 0.1) is 0 Å². The first-order valence-electron chi connectivity index (χ1n) is 2.91. The van der Waals surface area contributed by atoms with Gasteiger partial charge in [-0.25, -0.2) is 10.2 Å². The molecule has 1 rings (SSSR count). The van der Waals surface area contributed by atoms with E-state index in [1.807, 2.05) is 10.9 Å². The SMILES string of the molecule is NC(=O)NNC(=O)c1cn[nH]n1. The molecule has 0 aromatic carbocycles. The summed E-state index contributed by atoms with van der Waals surface area (Å²) < 4.78 is 0. The number of urea groups is 1. The van der Waals surface area contributed by atoms with E-state index < -0.39 is 11.9 Å². The molecular weight excluding hydrogens is 164 g/mol. The third-order valence-electron chi connectivity index (χ3n) is 0.947. The molecule has 0 unspecified atom stereocenters. The number of aromatic nitrogens is 3. The van der Waals surface area contributed by atoms with Crippen molar-refractivity contribution in [3.63, 3.8) is 0 Å². The fraction of sp³-hybridized carbons (Fsp3) is 0. The van der Waals surface area contributed by atoms with E-state index >= 15 is 0 Å². The summed E-state index contributed by atoms with van der Waals surface area (Å²) in [7, 11) is 0. The maximum absolute atomic E-state index is 10.9. The summed E-state index contributed by atoms with van der Waals surface area (Å²) in [6.07, 6.45) is 1.21. The molecule has 0 atom stereocenters. The standard InChI is InChI=1S/C4H6N6O2/c5-4(12)9-8-3(11)2-1-6-10-7-2/h1H,(H,8,11)(H3,5,9,12)(H,6,7,10). The number of rotatable bonds is 1. The summed E-state index contributed by atoms with van der Waals surface area (Å²) >= 11 is 0. The zero-order chi connectivity index (χ0) is 8.97. The highest BCUT2D eigenvalue weighted by Crippen LogP contribution is 1.85. The number of nitrogens with one attached hydrogen (secondary N) is 3. The first kappa shape index (κ1) is 7.98. The van der Waals surface area contributed by atoms with Crippen LogP contribution in [-0.2, 0) is 0 Å². The predicted molar refractivity (Wildman–Crippen MR) is 36.6 cm³/mol. The van der Waals surface area contributed by atoms with Gasteiger partial charge in [0.25, 0.3) is 5.91 Å². The van der Waals surface area contributed by atoms with Crippen molar-refractivity contribution in [3.8, 4) is 0 Å². The largest absolute Gasteiger partial charge is 0.350 e. The molecule has 1 heterocycles. The lowest BCUT2D eigenvalue weighted by atomic mass is 10.5. The quantitative estimate of drug-likeness (QED) is 0.368. The minimum absolute atomic E-state index is 0.0590. The molecule has 8 heteroatoms. The number of primary amides is 1. The molecule has 0 aliphatic heterocycles. The highest BCUT2D eigenvalue weighted by molar-refractivity contribution is 5.92. The van der Waals surface area contributed by atoms with Gasteiger partial charge in [0.15, 0.2) is 5.69 Å². The van der Waals surface area contributed by atoms with Crippen molar-refractivity contribution in [3.05, 3.63) is 11.9 Å². The first-order valence-corrected chi connectivity index (χ1v) is 2.91. The topological polar surface area (TPSA) is 126 Å². The van der Waals surface area contributed by atoms with Crippen LogP contribution in [0.3, 0.4) is 0 Å². The van der Waals surface area contributed by atoms with Gasteiger partial charge in [-0.2, -0.15) is 15.4 Å². The van der Waals surface area contributed by atoms with Crippen LogP contribution in [0.4, 0.5) is 4.79 Å². The molecule has 0 fully saturated rings. The summed E-state index contributed by atoms with van der Waals surface area (Å²) in [5.74, 6) is -0.595. The van der Waals surface area contributed by atoms with Crippen molar-refractivity contribution in [2.75, 3.05) is 0 Å². The fourth-order valence-electron chi connectivity index (χ4n) is 0.493. The molecule has 1 aromatic rings. The van der Waals surface area contributed by atoms with Crippen molar-refractivity contribution >= 4 is 11.9 Å². The molecule has 0 aliphatic rings. The van der Waals surface area contributed by atoms with Gasteiger partial charge in [-0.05, 0) is 0 Å². The van der Waals surface area contributed by atoms with E-state index in [1.54, 1.807) is 0 Å². The Hall–Kier alpha value is -2.12. The Morgan fingerprint density at radius 1 is 1.50 bits per heavy atom. The van der Waals surface area contributed by atoms with Crippen LogP contribution in [0.2, 0.25) is 0 Å². The van der Waals surface area contributed by atoms with Gasteiger partial charge in [0.2, 0.25) is 0 Å². The Morgan fingerprint density at radius 2 is 2.25 bits per heavy atom. The van der Waals surface area contributed by atoms with Crippen molar-refractivity contribution in [1.29, 1.82) is 0 Å². The number of amides is 3. The lowest BCUT2D eigenvalue weighted by molar-refractivity contribution is 0.0932. The number of H-pyrrole nitrogens is 1. The fourth-order valence-corrected chi connectivity index (χ4v) is 0.493. The van der Waals surface area contributed by atoms with E-state index in [0.29, 0.717) is 0 Å². The summed E-state index contributed by atoms with van der Waals surface area (Å²) in [5, 5.41) is 9.08. The molecule has 0 saturated heterocycles. The summed E-state index contributed by atoms with van der Waals surface area (Å²) in [4.78, 5) is 21.0. The van der Waals surface area contributed by atoms with Gasteiger partial charge in [0.1, 0.15) is 0 Å². The molecule has 12 heavy (non-hydrogen) atoms. The van der Waals surface area contributed by atoms with Gasteiger partial charge < -0.3 is 5.73 Å². The molecule has 5 N–H and O–H groups in total. The highest BCUT2D eigenvalue weighted by atomic mass is 16.2. The average molecular weight is 170 g/mol. The number of hydrazine groups is 1. The van der Waals surface area contributed by atoms with Crippen LogP contribution in [-0.4, -0.2) is 27.3 Å². The van der Waals surface area contributed by atoms with Crippen LogP contribution in [0.15, 0.2) is 6.20 Å². The number of carbonyl (C=O) groups is 2. The van der Waals surface area contributed by atoms with E-state index in [0.717, 1.165) is 0 Å². The highest BCUT2D eigenvalue weighted by Gasteiger charge is 2.07. The van der Waals surface area contributed by atoms with Gasteiger partial charge in [-0.15, -0.1) is 0 Å². The minimum atomic E-state index is -0.855. The van der Waals surface area contributed by atoms with Gasteiger partial charge in [-0.1, -0.05) is 0 Å². The van der Waals surface area contributed by atoms with E-state index in [2.05, 4.69) is 21.1 Å². The van der Waals surface area contributed by atoms with Crippen LogP contribution >= 0.6 is 0 Å². The Labute approximate surface area is 66.5 Å². The first-order chi connectivity index (χ1) is 5.70. The number of carbonyl (C=O) groups excluding carboxylic acids is 2. The second-order valence-electron chi connectivity index (χ2n) is 1.80. The lowest BCUT2D eigenvalue weighted by Crippen LogP contribution is -2.44. The number of aromatic amines is 1. The van der Waals surface area contributed by atoms with E-state index in [-0.39, 0.29) is 5.69 Å². The molecule has 0 saturated carbocycles. The molecule has 0 aliphatic carbocycles. The second-order valence-corrected chi connectivity index (χ2v) is 1.80. The number of hydrogen-bond acceptors (Lipinski definition) is 4. The normalized spacial score (nSPS) is 9.00. The summed E-state index contributed by atoms with van der Waals surface area (Å²) in [6.45, 7) is 0. The molecule has 64 valence electrons. The monoisotopic (exact) mass is 170 g/mol. The third-order valence-corrected chi connectivity index (χ3v) is 0.947. The zero-order valence-electron chi connectivity index (χ0n) is 5.87. The number of hydrogen-bond donors (Lipinski definition) is 4. The van der Waals surface area contributed by atoms with Crippen LogP contribution in [0.1, 0.15) is 10.5 Å². The zero-order valence-corrected chi connectivity index (χ0v) is 5.87. The van der Waals surface area contributed by atoms with Crippen molar-refractivity contribution in [2.24, 2.45) is 5.73 Å². The van der Waals surface area contributed by atoms with E-state index in [4.69, 9.17) is 0 Å². The second kappa shape index (κ2) is 3.32. The average Bonchev–Trinajstić information content (AvgIpc) is 2.51. The Kier molecular flexibility index (Phi) is 2.21. The van der Waals surface area contributed by atoms with Gasteiger partial charge in [0.05, 0.1) is 6.20 Å². The van der Waals surface area contributed by atoms with Crippen LogP contribution in [0.5, 0.6) is 0 Å². The molecule has 3 amide bonds. The number of nitrogens with zero attached hydrogens (tertiary/aromatic N) is 2. The minimum Gasteiger partial charge on any atom is -0.350 e. The molecule has 0 bridgehead atoms. The lowest BCUT2D eigenvalue weighted by Gasteiger charge is -2.00. The molecule has 0 spiro atoms. The van der Waals surface area contributed by atoms with Gasteiger partial charge in [-0.3, -0.25) is 10.2 Å². The van der Waals surface area contributed by atoms with E-state index in [9.17, 15) is 9.59 Å². The van der Waals surface area contributed by atoms with Gasteiger partial charge >= 0.3 is 6.03 Å². The maximum atomic E-state index is 10.9. The van der Waals surface area contributed by atoms with Crippen LogP contribution < -0.4 is 16.6 Å². The predicted octanol–water partition coefficient (Wildman–Crippen LogP) is -1.88.